The van der Waals surface area contributed by atoms with Crippen molar-refractivity contribution in [2.24, 2.45) is 0 Å². The predicted molar refractivity (Wildman–Crippen MR) is 90.2 cm³/mol. The van der Waals surface area contributed by atoms with E-state index in [0.29, 0.717) is 24.6 Å². The molecule has 1 aliphatic rings. The predicted octanol–water partition coefficient (Wildman–Crippen LogP) is 2.02. The molecular formula is C18H18N4O3. The SMILES string of the molecule is COCCOc1ncc2c(n1)N(C(C)c1ccc(C#N)cc1)C(=O)C2. The summed E-state index contributed by atoms with van der Waals surface area (Å²) in [5.41, 5.74) is 2.30. The first-order valence-electron chi connectivity index (χ1n) is 7.94. The summed E-state index contributed by atoms with van der Waals surface area (Å²) in [5.74, 6) is 0.541. The van der Waals surface area contributed by atoms with Gasteiger partial charge in [0.15, 0.2) is 0 Å². The minimum Gasteiger partial charge on any atom is -0.461 e. The molecule has 3 rings (SSSR count). The molecular weight excluding hydrogens is 320 g/mol. The number of carbonyl (C=O) groups is 1. The number of benzene rings is 1. The molecule has 7 heteroatoms. The van der Waals surface area contributed by atoms with Gasteiger partial charge in [0.1, 0.15) is 12.4 Å². The van der Waals surface area contributed by atoms with Gasteiger partial charge in [-0.3, -0.25) is 9.69 Å². The number of hydrogen-bond acceptors (Lipinski definition) is 6. The zero-order chi connectivity index (χ0) is 17.8. The zero-order valence-corrected chi connectivity index (χ0v) is 14.1. The van der Waals surface area contributed by atoms with Crippen LogP contribution < -0.4 is 9.64 Å². The van der Waals surface area contributed by atoms with Crippen LogP contribution in [0.4, 0.5) is 5.82 Å². The smallest absolute Gasteiger partial charge is 0.318 e. The molecule has 0 bridgehead atoms. The Labute approximate surface area is 145 Å². The van der Waals surface area contributed by atoms with E-state index in [4.69, 9.17) is 14.7 Å². The average molecular weight is 338 g/mol. The Morgan fingerprint density at radius 2 is 2.08 bits per heavy atom. The summed E-state index contributed by atoms with van der Waals surface area (Å²) >= 11 is 0. The third-order valence-electron chi connectivity index (χ3n) is 4.09. The lowest BCUT2D eigenvalue weighted by Gasteiger charge is -2.25. The van der Waals surface area contributed by atoms with Crippen molar-refractivity contribution in [1.29, 1.82) is 5.26 Å². The molecule has 0 aliphatic carbocycles. The van der Waals surface area contributed by atoms with Gasteiger partial charge in [-0.25, -0.2) is 4.98 Å². The maximum absolute atomic E-state index is 12.5. The Balaban J connectivity index is 1.86. The fourth-order valence-corrected chi connectivity index (χ4v) is 2.75. The quantitative estimate of drug-likeness (QED) is 0.749. The van der Waals surface area contributed by atoms with Crippen LogP contribution in [0.25, 0.3) is 0 Å². The first-order valence-corrected chi connectivity index (χ1v) is 7.94. The highest BCUT2D eigenvalue weighted by atomic mass is 16.5. The van der Waals surface area contributed by atoms with E-state index in [2.05, 4.69) is 16.0 Å². The van der Waals surface area contributed by atoms with Gasteiger partial charge in [0.25, 0.3) is 0 Å². The summed E-state index contributed by atoms with van der Waals surface area (Å²) < 4.78 is 10.4. The number of nitrogens with zero attached hydrogens (tertiary/aromatic N) is 4. The average Bonchev–Trinajstić information content (AvgIpc) is 2.96. The molecule has 25 heavy (non-hydrogen) atoms. The Bertz CT molecular complexity index is 814. The lowest BCUT2D eigenvalue weighted by molar-refractivity contribution is -0.117. The second kappa shape index (κ2) is 7.28. The van der Waals surface area contributed by atoms with Crippen molar-refractivity contribution in [2.75, 3.05) is 25.2 Å². The van der Waals surface area contributed by atoms with E-state index in [1.54, 1.807) is 30.3 Å². The maximum Gasteiger partial charge on any atom is 0.318 e. The van der Waals surface area contributed by atoms with Crippen LogP contribution in [0.5, 0.6) is 6.01 Å². The molecule has 0 N–H and O–H groups in total. The highest BCUT2D eigenvalue weighted by Crippen LogP contribution is 2.34. The Hall–Kier alpha value is -2.98. The molecule has 7 nitrogen and oxygen atoms in total. The molecule has 1 amide bonds. The number of ether oxygens (including phenoxy) is 2. The molecule has 2 aromatic rings. The van der Waals surface area contributed by atoms with Gasteiger partial charge in [-0.05, 0) is 24.6 Å². The summed E-state index contributed by atoms with van der Waals surface area (Å²) in [7, 11) is 1.59. The number of amides is 1. The number of hydrogen-bond donors (Lipinski definition) is 0. The van der Waals surface area contributed by atoms with Crippen LogP contribution in [0.2, 0.25) is 0 Å². The molecule has 0 saturated heterocycles. The number of anilines is 1. The minimum atomic E-state index is -0.205. The van der Waals surface area contributed by atoms with Crippen LogP contribution in [-0.4, -0.2) is 36.2 Å². The van der Waals surface area contributed by atoms with Gasteiger partial charge in [0.2, 0.25) is 5.91 Å². The Morgan fingerprint density at radius 1 is 1.32 bits per heavy atom. The number of fused-ring (bicyclic) bond motifs is 1. The van der Waals surface area contributed by atoms with E-state index >= 15 is 0 Å². The third-order valence-corrected chi connectivity index (χ3v) is 4.09. The molecule has 2 heterocycles. The summed E-state index contributed by atoms with van der Waals surface area (Å²) in [4.78, 5) is 22.7. The van der Waals surface area contributed by atoms with E-state index in [1.807, 2.05) is 19.1 Å². The third kappa shape index (κ3) is 3.44. The summed E-state index contributed by atoms with van der Waals surface area (Å²) in [6.45, 7) is 2.71. The highest BCUT2D eigenvalue weighted by Gasteiger charge is 2.34. The van der Waals surface area contributed by atoms with Gasteiger partial charge in [0, 0.05) is 18.9 Å². The van der Waals surface area contributed by atoms with Crippen molar-refractivity contribution in [3.05, 3.63) is 47.2 Å². The van der Waals surface area contributed by atoms with Gasteiger partial charge in [0.05, 0.1) is 30.7 Å². The summed E-state index contributed by atoms with van der Waals surface area (Å²) in [5, 5.41) is 8.92. The molecule has 128 valence electrons. The maximum atomic E-state index is 12.5. The molecule has 1 aromatic heterocycles. The topological polar surface area (TPSA) is 88.3 Å². The fraction of sp³-hybridized carbons (Fsp3) is 0.333. The van der Waals surface area contributed by atoms with Crippen LogP contribution in [0, 0.1) is 11.3 Å². The van der Waals surface area contributed by atoms with E-state index in [0.717, 1.165) is 11.1 Å². The lowest BCUT2D eigenvalue weighted by atomic mass is 10.1. The fourth-order valence-electron chi connectivity index (χ4n) is 2.75. The molecule has 0 fully saturated rings. The second-order valence-electron chi connectivity index (χ2n) is 5.69. The van der Waals surface area contributed by atoms with Crippen LogP contribution in [0.15, 0.2) is 30.5 Å². The second-order valence-corrected chi connectivity index (χ2v) is 5.69. The Morgan fingerprint density at radius 3 is 2.76 bits per heavy atom. The number of nitriles is 1. The van der Waals surface area contributed by atoms with Gasteiger partial charge in [-0.15, -0.1) is 0 Å². The molecule has 1 atom stereocenters. The normalized spacial score (nSPS) is 14.1. The van der Waals surface area contributed by atoms with Gasteiger partial charge in [-0.1, -0.05) is 12.1 Å². The summed E-state index contributed by atoms with van der Waals surface area (Å²) in [6.07, 6.45) is 1.90. The molecule has 0 spiro atoms. The number of carbonyl (C=O) groups excluding carboxylic acids is 1. The van der Waals surface area contributed by atoms with E-state index < -0.39 is 0 Å². The summed E-state index contributed by atoms with van der Waals surface area (Å²) in [6, 6.07) is 9.30. The van der Waals surface area contributed by atoms with Crippen molar-refractivity contribution < 1.29 is 14.3 Å². The first-order chi connectivity index (χ1) is 12.1. The molecule has 0 saturated carbocycles. The zero-order valence-electron chi connectivity index (χ0n) is 14.1. The van der Waals surface area contributed by atoms with Crippen LogP contribution >= 0.6 is 0 Å². The molecule has 1 aliphatic heterocycles. The highest BCUT2D eigenvalue weighted by molar-refractivity contribution is 6.00. The lowest BCUT2D eigenvalue weighted by Crippen LogP contribution is -2.30. The number of rotatable bonds is 6. The van der Waals surface area contributed by atoms with Gasteiger partial charge >= 0.3 is 6.01 Å². The standard InChI is InChI=1S/C18H18N4O3/c1-12(14-5-3-13(10-19)4-6-14)22-16(23)9-15-11-20-18(21-17(15)22)25-8-7-24-2/h3-6,11-12H,7-9H2,1-2H3. The van der Waals surface area contributed by atoms with Gasteiger partial charge < -0.3 is 9.47 Å². The van der Waals surface area contributed by atoms with Crippen LogP contribution in [0.3, 0.4) is 0 Å². The first kappa shape index (κ1) is 16.9. The van der Waals surface area contributed by atoms with Crippen LogP contribution in [0.1, 0.15) is 29.7 Å². The number of aromatic nitrogens is 2. The van der Waals surface area contributed by atoms with Crippen molar-refractivity contribution in [3.8, 4) is 12.1 Å². The van der Waals surface area contributed by atoms with Crippen molar-refractivity contribution >= 4 is 11.7 Å². The van der Waals surface area contributed by atoms with Gasteiger partial charge in [-0.2, -0.15) is 10.2 Å². The number of methoxy groups -OCH3 is 1. The van der Waals surface area contributed by atoms with Crippen molar-refractivity contribution in [2.45, 2.75) is 19.4 Å². The van der Waals surface area contributed by atoms with E-state index in [1.165, 1.54) is 0 Å². The monoisotopic (exact) mass is 338 g/mol. The Kier molecular flexibility index (Phi) is 4.91. The minimum absolute atomic E-state index is 0.0322. The van der Waals surface area contributed by atoms with Crippen molar-refractivity contribution in [1.82, 2.24) is 9.97 Å². The van der Waals surface area contributed by atoms with E-state index in [9.17, 15) is 4.79 Å². The molecule has 1 aromatic carbocycles. The van der Waals surface area contributed by atoms with Crippen molar-refractivity contribution in [3.63, 3.8) is 0 Å². The largest absolute Gasteiger partial charge is 0.461 e. The van der Waals surface area contributed by atoms with E-state index in [-0.39, 0.29) is 24.4 Å². The molecule has 0 radical (unpaired) electrons. The van der Waals surface area contributed by atoms with Crippen LogP contribution in [-0.2, 0) is 16.0 Å². The molecule has 1 unspecified atom stereocenters.